The van der Waals surface area contributed by atoms with E-state index in [-0.39, 0.29) is 22.3 Å². The van der Waals surface area contributed by atoms with E-state index in [9.17, 15) is 9.18 Å². The number of fused-ring (bicyclic) bond motifs is 1. The molecule has 4 rings (SSSR count). The third-order valence-corrected chi connectivity index (χ3v) is 4.80. The topological polar surface area (TPSA) is 79.4 Å². The van der Waals surface area contributed by atoms with Gasteiger partial charge in [-0.15, -0.1) is 0 Å². The van der Waals surface area contributed by atoms with Crippen molar-refractivity contribution in [3.05, 3.63) is 58.6 Å². The van der Waals surface area contributed by atoms with Crippen LogP contribution in [-0.4, -0.2) is 28.9 Å². The summed E-state index contributed by atoms with van der Waals surface area (Å²) in [7, 11) is 3.08. The van der Waals surface area contributed by atoms with Crippen molar-refractivity contribution in [2.75, 3.05) is 14.2 Å². The number of hydrogen-bond donors (Lipinski definition) is 0. The quantitative estimate of drug-likeness (QED) is 0.473. The zero-order valence-electron chi connectivity index (χ0n) is 16.8. The van der Waals surface area contributed by atoms with Crippen LogP contribution in [-0.2, 0) is 6.54 Å². The van der Waals surface area contributed by atoms with Crippen LogP contribution in [0.5, 0.6) is 11.5 Å². The molecule has 0 bridgehead atoms. The lowest BCUT2D eigenvalue weighted by Gasteiger charge is -2.11. The third-order valence-electron chi connectivity index (χ3n) is 4.80. The lowest BCUT2D eigenvalue weighted by molar-refractivity contribution is 0.355. The van der Waals surface area contributed by atoms with Gasteiger partial charge >= 0.3 is 0 Å². The van der Waals surface area contributed by atoms with Gasteiger partial charge in [0.15, 0.2) is 11.5 Å². The zero-order valence-corrected chi connectivity index (χ0v) is 16.8. The van der Waals surface area contributed by atoms with E-state index in [1.165, 1.54) is 19.2 Å². The summed E-state index contributed by atoms with van der Waals surface area (Å²) in [5.74, 6) is 0.987. The highest BCUT2D eigenvalue weighted by atomic mass is 19.1. The molecule has 0 unspecified atom stereocenters. The van der Waals surface area contributed by atoms with E-state index in [2.05, 4.69) is 10.1 Å². The molecule has 0 aliphatic carbocycles. The van der Waals surface area contributed by atoms with Crippen LogP contribution in [0.15, 0.2) is 51.9 Å². The first-order valence-electron chi connectivity index (χ1n) is 9.45. The molecule has 2 heterocycles. The molecule has 0 aliphatic heterocycles. The molecule has 7 nitrogen and oxygen atoms in total. The molecule has 0 saturated carbocycles. The van der Waals surface area contributed by atoms with Crippen LogP contribution in [0.2, 0.25) is 0 Å². The summed E-state index contributed by atoms with van der Waals surface area (Å²) in [6, 6.07) is 9.40. The van der Waals surface area contributed by atoms with Crippen LogP contribution in [0.4, 0.5) is 4.39 Å². The van der Waals surface area contributed by atoms with Crippen molar-refractivity contribution in [1.29, 1.82) is 0 Å². The molecule has 0 atom stereocenters. The van der Waals surface area contributed by atoms with Gasteiger partial charge in [0.05, 0.1) is 19.7 Å². The van der Waals surface area contributed by atoms with Gasteiger partial charge in [-0.1, -0.05) is 12.1 Å². The maximum absolute atomic E-state index is 13.8. The third kappa shape index (κ3) is 3.41. The second-order valence-electron chi connectivity index (χ2n) is 6.72. The summed E-state index contributed by atoms with van der Waals surface area (Å²) in [5, 5.41) is 4.27. The van der Waals surface area contributed by atoms with E-state index in [1.807, 2.05) is 11.5 Å². The number of hydrogen-bond acceptors (Lipinski definition) is 6. The monoisotopic (exact) mass is 409 g/mol. The first-order valence-corrected chi connectivity index (χ1v) is 9.45. The van der Waals surface area contributed by atoms with Gasteiger partial charge in [0.1, 0.15) is 11.4 Å². The van der Waals surface area contributed by atoms with Gasteiger partial charge in [-0.3, -0.25) is 4.79 Å². The molecule has 4 aromatic rings. The molecule has 0 fully saturated rings. The van der Waals surface area contributed by atoms with Crippen LogP contribution in [0, 0.1) is 5.82 Å². The van der Waals surface area contributed by atoms with Crippen molar-refractivity contribution >= 4 is 10.9 Å². The Labute approximate surface area is 171 Å². The van der Waals surface area contributed by atoms with E-state index in [4.69, 9.17) is 14.0 Å². The number of aryl methyl sites for hydroxylation is 1. The predicted molar refractivity (Wildman–Crippen MR) is 110 cm³/mol. The van der Waals surface area contributed by atoms with E-state index < -0.39 is 5.82 Å². The second kappa shape index (κ2) is 7.98. The van der Waals surface area contributed by atoms with Gasteiger partial charge in [0, 0.05) is 23.7 Å². The average Bonchev–Trinajstić information content (AvgIpc) is 3.25. The zero-order chi connectivity index (χ0) is 21.3. The minimum atomic E-state index is -0.476. The Morgan fingerprint density at radius 1 is 1.10 bits per heavy atom. The van der Waals surface area contributed by atoms with E-state index >= 15 is 0 Å². The van der Waals surface area contributed by atoms with Gasteiger partial charge in [-0.2, -0.15) is 4.98 Å². The number of benzene rings is 2. The largest absolute Gasteiger partial charge is 0.493 e. The maximum Gasteiger partial charge on any atom is 0.263 e. The Hall–Kier alpha value is -3.68. The summed E-state index contributed by atoms with van der Waals surface area (Å²) in [6.07, 6.45) is 2.52. The van der Waals surface area contributed by atoms with Crippen LogP contribution >= 0.6 is 0 Å². The smallest absolute Gasteiger partial charge is 0.263 e. The molecule has 154 valence electrons. The van der Waals surface area contributed by atoms with Crippen LogP contribution in [0.25, 0.3) is 33.7 Å². The molecule has 0 N–H and O–H groups in total. The lowest BCUT2D eigenvalue weighted by Crippen LogP contribution is -2.12. The summed E-state index contributed by atoms with van der Waals surface area (Å²) in [4.78, 5) is 17.4. The maximum atomic E-state index is 13.8. The molecule has 0 amide bonds. The average molecular weight is 409 g/mol. The molecular formula is C22H20FN3O4. The SMILES string of the molecule is CCCn1cc(-c2nc(-c3ccc(OC)c(OC)c3)no2)c(=O)c2cc(F)ccc21. The number of pyridine rings is 1. The van der Waals surface area contributed by atoms with Crippen molar-refractivity contribution in [1.82, 2.24) is 14.7 Å². The fourth-order valence-corrected chi connectivity index (χ4v) is 3.37. The Kier molecular flexibility index (Phi) is 5.22. The highest BCUT2D eigenvalue weighted by molar-refractivity contribution is 5.83. The molecule has 30 heavy (non-hydrogen) atoms. The second-order valence-corrected chi connectivity index (χ2v) is 6.72. The number of ether oxygens (including phenoxy) is 2. The number of halogens is 1. The van der Waals surface area contributed by atoms with Crippen molar-refractivity contribution < 1.29 is 18.4 Å². The normalized spacial score (nSPS) is 11.1. The highest BCUT2D eigenvalue weighted by Gasteiger charge is 2.18. The Balaban J connectivity index is 1.84. The van der Waals surface area contributed by atoms with Crippen molar-refractivity contribution in [3.63, 3.8) is 0 Å². The highest BCUT2D eigenvalue weighted by Crippen LogP contribution is 2.32. The van der Waals surface area contributed by atoms with Crippen LogP contribution in [0.1, 0.15) is 13.3 Å². The Bertz CT molecular complexity index is 1280. The molecule has 0 saturated heterocycles. The minimum absolute atomic E-state index is 0.0702. The first-order chi connectivity index (χ1) is 14.5. The number of nitrogens with zero attached hydrogens (tertiary/aromatic N) is 3. The van der Waals surface area contributed by atoms with E-state index in [0.717, 1.165) is 6.42 Å². The molecule has 2 aromatic heterocycles. The summed E-state index contributed by atoms with van der Waals surface area (Å²) < 4.78 is 31.6. The number of rotatable bonds is 6. The van der Waals surface area contributed by atoms with Gasteiger partial charge < -0.3 is 18.6 Å². The van der Waals surface area contributed by atoms with Crippen molar-refractivity contribution in [2.45, 2.75) is 19.9 Å². The molecule has 0 radical (unpaired) electrons. The number of methoxy groups -OCH3 is 2. The van der Waals surface area contributed by atoms with Gasteiger partial charge in [-0.25, -0.2) is 4.39 Å². The summed E-state index contributed by atoms with van der Waals surface area (Å²) in [5.41, 5.74) is 1.16. The Morgan fingerprint density at radius 3 is 2.63 bits per heavy atom. The van der Waals surface area contributed by atoms with Crippen molar-refractivity contribution in [3.8, 4) is 34.3 Å². The first kappa shape index (κ1) is 19.6. The molecule has 0 aliphatic rings. The van der Waals surface area contributed by atoms with Crippen LogP contribution in [0.3, 0.4) is 0 Å². The van der Waals surface area contributed by atoms with Crippen molar-refractivity contribution in [2.24, 2.45) is 0 Å². The summed E-state index contributed by atoms with van der Waals surface area (Å²) in [6.45, 7) is 2.68. The predicted octanol–water partition coefficient (Wildman–Crippen LogP) is 4.28. The molecule has 0 spiro atoms. The molecule has 8 heteroatoms. The van der Waals surface area contributed by atoms with Crippen LogP contribution < -0.4 is 14.9 Å². The lowest BCUT2D eigenvalue weighted by atomic mass is 10.1. The standard InChI is InChI=1S/C22H20FN3O4/c1-4-9-26-12-16(20(27)15-11-14(23)6-7-17(15)26)22-24-21(25-30-22)13-5-8-18(28-2)19(10-13)29-3/h5-8,10-12H,4,9H2,1-3H3. The van der Waals surface area contributed by atoms with E-state index in [1.54, 1.807) is 37.6 Å². The van der Waals surface area contributed by atoms with E-state index in [0.29, 0.717) is 34.9 Å². The number of aromatic nitrogens is 3. The summed E-state index contributed by atoms with van der Waals surface area (Å²) >= 11 is 0. The van der Waals surface area contributed by atoms with Gasteiger partial charge in [0.2, 0.25) is 11.3 Å². The van der Waals surface area contributed by atoms with Gasteiger partial charge in [-0.05, 0) is 42.8 Å². The minimum Gasteiger partial charge on any atom is -0.493 e. The van der Waals surface area contributed by atoms with Gasteiger partial charge in [0.25, 0.3) is 5.89 Å². The Morgan fingerprint density at radius 2 is 1.90 bits per heavy atom. The fourth-order valence-electron chi connectivity index (χ4n) is 3.37. The molecule has 2 aromatic carbocycles. The fraction of sp³-hybridized carbons (Fsp3) is 0.227. The molecular weight excluding hydrogens is 389 g/mol.